The van der Waals surface area contributed by atoms with Crippen LogP contribution in [0.3, 0.4) is 0 Å². The van der Waals surface area contributed by atoms with Crippen molar-refractivity contribution >= 4 is 17.3 Å². The van der Waals surface area contributed by atoms with E-state index in [1.807, 2.05) is 6.92 Å². The van der Waals surface area contributed by atoms with Gasteiger partial charge in [0.15, 0.2) is 5.82 Å². The highest BCUT2D eigenvalue weighted by molar-refractivity contribution is 5.60. The highest BCUT2D eigenvalue weighted by Gasteiger charge is 2.16. The third-order valence-electron chi connectivity index (χ3n) is 2.63. The second-order valence-corrected chi connectivity index (χ2v) is 4.26. The molecular weight excluding hydrogens is 276 g/mol. The number of hydrogen-bond acceptors (Lipinski definition) is 8. The van der Waals surface area contributed by atoms with Crippen molar-refractivity contribution in [1.29, 1.82) is 0 Å². The number of rotatable bonds is 7. The van der Waals surface area contributed by atoms with Crippen LogP contribution in [0.2, 0.25) is 0 Å². The van der Waals surface area contributed by atoms with Crippen molar-refractivity contribution in [2.24, 2.45) is 0 Å². The maximum atomic E-state index is 11.0. The number of nitro groups is 1. The van der Waals surface area contributed by atoms with Gasteiger partial charge >= 0.3 is 5.69 Å². The lowest BCUT2D eigenvalue weighted by atomic mass is 10.3. The van der Waals surface area contributed by atoms with Gasteiger partial charge in [-0.3, -0.25) is 10.1 Å². The first-order valence-corrected chi connectivity index (χ1v) is 6.52. The van der Waals surface area contributed by atoms with Gasteiger partial charge in [0.05, 0.1) is 4.92 Å². The zero-order chi connectivity index (χ0) is 15.2. The molecule has 0 unspecified atom stereocenters. The number of nitrogens with zero attached hydrogens (tertiary/aromatic N) is 4. The van der Waals surface area contributed by atoms with E-state index in [0.29, 0.717) is 37.0 Å². The summed E-state index contributed by atoms with van der Waals surface area (Å²) in [6.45, 7) is 4.75. The van der Waals surface area contributed by atoms with Gasteiger partial charge in [0, 0.05) is 25.6 Å². The summed E-state index contributed by atoms with van der Waals surface area (Å²) in [7, 11) is 0. The van der Waals surface area contributed by atoms with E-state index in [-0.39, 0.29) is 11.5 Å². The van der Waals surface area contributed by atoms with Crippen molar-refractivity contribution in [2.75, 3.05) is 23.7 Å². The number of anilines is 2. The Labute approximate surface area is 120 Å². The molecule has 21 heavy (non-hydrogen) atoms. The summed E-state index contributed by atoms with van der Waals surface area (Å²) in [5.74, 6) is 1.84. The van der Waals surface area contributed by atoms with Crippen LogP contribution in [0.5, 0.6) is 0 Å². The van der Waals surface area contributed by atoms with Gasteiger partial charge < -0.3 is 15.2 Å². The molecule has 2 rings (SSSR count). The topological polar surface area (TPSA) is 119 Å². The Morgan fingerprint density at radius 3 is 2.76 bits per heavy atom. The zero-order valence-electron chi connectivity index (χ0n) is 11.8. The molecule has 112 valence electrons. The lowest BCUT2D eigenvalue weighted by Crippen LogP contribution is -2.10. The molecule has 2 heterocycles. The fourth-order valence-electron chi connectivity index (χ4n) is 1.74. The minimum atomic E-state index is -0.470. The lowest BCUT2D eigenvalue weighted by molar-refractivity contribution is -0.384. The van der Waals surface area contributed by atoms with E-state index in [0.717, 1.165) is 0 Å². The molecule has 2 aromatic rings. The van der Waals surface area contributed by atoms with Crippen molar-refractivity contribution in [3.8, 4) is 0 Å². The fraction of sp³-hybridized carbons (Fsp3) is 0.417. The minimum absolute atomic E-state index is 0.0710. The van der Waals surface area contributed by atoms with Gasteiger partial charge in [-0.1, -0.05) is 5.16 Å². The minimum Gasteiger partial charge on any atom is -0.370 e. The Bertz CT molecular complexity index is 627. The first-order chi connectivity index (χ1) is 10.1. The molecule has 0 aromatic carbocycles. The molecule has 2 aromatic heterocycles. The average molecular weight is 292 g/mol. The Morgan fingerprint density at radius 2 is 2.14 bits per heavy atom. The first-order valence-electron chi connectivity index (χ1n) is 6.52. The average Bonchev–Trinajstić information content (AvgIpc) is 2.85. The van der Waals surface area contributed by atoms with Gasteiger partial charge in [-0.25, -0.2) is 4.98 Å². The van der Waals surface area contributed by atoms with Crippen LogP contribution in [-0.4, -0.2) is 33.1 Å². The summed E-state index contributed by atoms with van der Waals surface area (Å²) in [6, 6.07) is 3.00. The summed E-state index contributed by atoms with van der Waals surface area (Å²) in [5.41, 5.74) is -0.0710. The summed E-state index contributed by atoms with van der Waals surface area (Å²) >= 11 is 0. The molecule has 0 radical (unpaired) electrons. The third kappa shape index (κ3) is 3.88. The monoisotopic (exact) mass is 292 g/mol. The molecule has 9 heteroatoms. The van der Waals surface area contributed by atoms with E-state index < -0.39 is 4.92 Å². The molecule has 0 fully saturated rings. The predicted molar refractivity (Wildman–Crippen MR) is 76.3 cm³/mol. The van der Waals surface area contributed by atoms with Gasteiger partial charge in [0.1, 0.15) is 5.82 Å². The van der Waals surface area contributed by atoms with Crippen molar-refractivity contribution in [3.05, 3.63) is 34.0 Å². The number of pyridine rings is 1. The normalized spacial score (nSPS) is 10.4. The van der Waals surface area contributed by atoms with E-state index in [1.165, 1.54) is 6.07 Å². The molecule has 9 nitrogen and oxygen atoms in total. The Morgan fingerprint density at radius 1 is 1.33 bits per heavy atom. The number of aromatic nitrogens is 3. The second kappa shape index (κ2) is 6.64. The first kappa shape index (κ1) is 14.7. The van der Waals surface area contributed by atoms with Crippen LogP contribution in [0.15, 0.2) is 16.7 Å². The quantitative estimate of drug-likeness (QED) is 0.585. The SMILES string of the molecule is CCNc1ccc([N+](=O)[O-])c(NCCc2nc(C)no2)n1. The summed E-state index contributed by atoms with van der Waals surface area (Å²) in [5, 5.41) is 20.6. The fourth-order valence-corrected chi connectivity index (χ4v) is 1.74. The van der Waals surface area contributed by atoms with E-state index in [2.05, 4.69) is 25.8 Å². The number of aryl methyl sites for hydroxylation is 1. The molecule has 0 amide bonds. The largest absolute Gasteiger partial charge is 0.370 e. The molecule has 0 aliphatic heterocycles. The molecule has 0 saturated heterocycles. The number of hydrogen-bond donors (Lipinski definition) is 2. The van der Waals surface area contributed by atoms with Crippen LogP contribution in [0, 0.1) is 17.0 Å². The Hall–Kier alpha value is -2.71. The Kier molecular flexibility index (Phi) is 4.64. The third-order valence-corrected chi connectivity index (χ3v) is 2.63. The molecule has 0 atom stereocenters. The van der Waals surface area contributed by atoms with Crippen LogP contribution in [-0.2, 0) is 6.42 Å². The second-order valence-electron chi connectivity index (χ2n) is 4.26. The summed E-state index contributed by atoms with van der Waals surface area (Å²) < 4.78 is 4.97. The zero-order valence-corrected chi connectivity index (χ0v) is 11.8. The van der Waals surface area contributed by atoms with E-state index in [9.17, 15) is 10.1 Å². The maximum Gasteiger partial charge on any atom is 0.311 e. The van der Waals surface area contributed by atoms with Crippen molar-refractivity contribution in [2.45, 2.75) is 20.3 Å². The molecule has 0 saturated carbocycles. The van der Waals surface area contributed by atoms with Crippen LogP contribution in [0.25, 0.3) is 0 Å². The molecule has 2 N–H and O–H groups in total. The highest BCUT2D eigenvalue weighted by atomic mass is 16.6. The van der Waals surface area contributed by atoms with Gasteiger partial charge in [0.25, 0.3) is 0 Å². The molecule has 0 bridgehead atoms. The maximum absolute atomic E-state index is 11.0. The van der Waals surface area contributed by atoms with E-state index in [4.69, 9.17) is 4.52 Å². The van der Waals surface area contributed by atoms with E-state index in [1.54, 1.807) is 13.0 Å². The lowest BCUT2D eigenvalue weighted by Gasteiger charge is -2.07. The van der Waals surface area contributed by atoms with Gasteiger partial charge in [-0.05, 0) is 19.9 Å². The van der Waals surface area contributed by atoms with Crippen molar-refractivity contribution in [1.82, 2.24) is 15.1 Å². The highest BCUT2D eigenvalue weighted by Crippen LogP contribution is 2.23. The van der Waals surface area contributed by atoms with Gasteiger partial charge in [-0.2, -0.15) is 4.98 Å². The molecule has 0 aliphatic rings. The van der Waals surface area contributed by atoms with Crippen LogP contribution in [0.4, 0.5) is 17.3 Å². The van der Waals surface area contributed by atoms with Gasteiger partial charge in [0.2, 0.25) is 11.7 Å². The van der Waals surface area contributed by atoms with Gasteiger partial charge in [-0.15, -0.1) is 0 Å². The van der Waals surface area contributed by atoms with Crippen molar-refractivity contribution in [3.63, 3.8) is 0 Å². The molecular formula is C12H16N6O3. The standard InChI is InChI=1S/C12H16N6O3/c1-3-13-10-5-4-9(18(19)20)12(16-10)14-7-6-11-15-8(2)17-21-11/h4-5H,3,6-7H2,1-2H3,(H2,13,14,16). The predicted octanol–water partition coefficient (Wildman–Crippen LogP) is 1.77. The van der Waals surface area contributed by atoms with Crippen LogP contribution in [0.1, 0.15) is 18.6 Å². The van der Waals surface area contributed by atoms with Crippen LogP contribution >= 0.6 is 0 Å². The Balaban J connectivity index is 2.05. The van der Waals surface area contributed by atoms with Crippen molar-refractivity contribution < 1.29 is 9.45 Å². The molecule has 0 aliphatic carbocycles. The van der Waals surface area contributed by atoms with Crippen LogP contribution < -0.4 is 10.6 Å². The smallest absolute Gasteiger partial charge is 0.311 e. The summed E-state index contributed by atoms with van der Waals surface area (Å²) in [4.78, 5) is 18.8. The number of nitrogens with one attached hydrogen (secondary N) is 2. The molecule has 0 spiro atoms. The summed E-state index contributed by atoms with van der Waals surface area (Å²) in [6.07, 6.45) is 0.463. The van der Waals surface area contributed by atoms with E-state index >= 15 is 0 Å².